The summed E-state index contributed by atoms with van der Waals surface area (Å²) in [5.74, 6) is -0.0641. The molecule has 7 heteroatoms. The van der Waals surface area contributed by atoms with Gasteiger partial charge in [0.05, 0.1) is 14.2 Å². The van der Waals surface area contributed by atoms with Gasteiger partial charge in [0.1, 0.15) is 11.6 Å². The second-order valence-electron chi connectivity index (χ2n) is 6.34. The molecule has 0 aliphatic heterocycles. The molecule has 1 aromatic rings. The topological polar surface area (TPSA) is 85.3 Å². The zero-order valence-electron chi connectivity index (χ0n) is 15.0. The van der Waals surface area contributed by atoms with Crippen LogP contribution in [0.5, 0.6) is 11.5 Å². The van der Waals surface area contributed by atoms with Gasteiger partial charge in [-0.3, -0.25) is 4.90 Å². The van der Waals surface area contributed by atoms with Crippen molar-refractivity contribution in [1.82, 2.24) is 4.90 Å². The smallest absolute Gasteiger partial charge is 0.410 e. The molecule has 0 aliphatic rings. The summed E-state index contributed by atoms with van der Waals surface area (Å²) in [4.78, 5) is 24.8. The average molecular weight is 339 g/mol. The second-order valence-corrected chi connectivity index (χ2v) is 6.34. The first-order chi connectivity index (χ1) is 11.1. The highest BCUT2D eigenvalue weighted by molar-refractivity contribution is 5.80. The summed E-state index contributed by atoms with van der Waals surface area (Å²) < 4.78 is 15.6. The van der Waals surface area contributed by atoms with E-state index in [-0.39, 0.29) is 6.42 Å². The minimum absolute atomic E-state index is 0.116. The van der Waals surface area contributed by atoms with Gasteiger partial charge in [-0.2, -0.15) is 0 Å². The molecule has 134 valence electrons. The van der Waals surface area contributed by atoms with Crippen LogP contribution in [0.4, 0.5) is 4.79 Å². The van der Waals surface area contributed by atoms with Crippen molar-refractivity contribution in [3.05, 3.63) is 23.8 Å². The summed E-state index contributed by atoms with van der Waals surface area (Å²) in [6.45, 7) is 5.18. The third-order valence-corrected chi connectivity index (χ3v) is 3.31. The number of methoxy groups -OCH3 is 2. The highest BCUT2D eigenvalue weighted by atomic mass is 16.6. The van der Waals surface area contributed by atoms with Crippen LogP contribution in [0.2, 0.25) is 0 Å². The molecular weight excluding hydrogens is 314 g/mol. The second kappa shape index (κ2) is 7.90. The van der Waals surface area contributed by atoms with Gasteiger partial charge in [-0.05, 0) is 38.5 Å². The molecule has 0 aliphatic carbocycles. The van der Waals surface area contributed by atoms with Gasteiger partial charge >= 0.3 is 12.1 Å². The molecule has 7 nitrogen and oxygen atoms in total. The van der Waals surface area contributed by atoms with Crippen LogP contribution >= 0.6 is 0 Å². The van der Waals surface area contributed by atoms with E-state index in [0.717, 1.165) is 4.90 Å². The molecule has 1 rings (SSSR count). The van der Waals surface area contributed by atoms with Gasteiger partial charge < -0.3 is 19.3 Å². The predicted molar refractivity (Wildman–Crippen MR) is 88.7 cm³/mol. The molecule has 1 aromatic carbocycles. The number of hydrogen-bond acceptors (Lipinski definition) is 5. The van der Waals surface area contributed by atoms with Crippen LogP contribution in [0.1, 0.15) is 26.3 Å². The minimum Gasteiger partial charge on any atom is -0.493 e. The Bertz CT molecular complexity index is 593. The molecular formula is C17H25NO6. The Labute approximate surface area is 142 Å². The lowest BCUT2D eigenvalue weighted by Gasteiger charge is -2.28. The highest BCUT2D eigenvalue weighted by Crippen LogP contribution is 2.28. The summed E-state index contributed by atoms with van der Waals surface area (Å²) in [6.07, 6.45) is -0.568. The van der Waals surface area contributed by atoms with E-state index in [0.29, 0.717) is 17.1 Å². The van der Waals surface area contributed by atoms with E-state index in [1.165, 1.54) is 21.3 Å². The molecule has 0 fully saturated rings. The first kappa shape index (κ1) is 19.6. The zero-order valence-corrected chi connectivity index (χ0v) is 15.0. The van der Waals surface area contributed by atoms with Crippen molar-refractivity contribution in [2.75, 3.05) is 21.3 Å². The first-order valence-electron chi connectivity index (χ1n) is 7.48. The van der Waals surface area contributed by atoms with E-state index >= 15 is 0 Å². The summed E-state index contributed by atoms with van der Waals surface area (Å²) in [5.41, 5.74) is 0.00743. The number of nitrogens with zero attached hydrogens (tertiary/aromatic N) is 1. The maximum Gasteiger partial charge on any atom is 0.410 e. The van der Waals surface area contributed by atoms with E-state index in [9.17, 15) is 14.7 Å². The van der Waals surface area contributed by atoms with Gasteiger partial charge in [-0.25, -0.2) is 9.59 Å². The maximum absolute atomic E-state index is 12.1. The fourth-order valence-corrected chi connectivity index (χ4v) is 2.08. The van der Waals surface area contributed by atoms with E-state index in [2.05, 4.69) is 0 Å². The predicted octanol–water partition coefficient (Wildman–Crippen LogP) is 2.57. The zero-order chi connectivity index (χ0) is 18.5. The van der Waals surface area contributed by atoms with Gasteiger partial charge in [0.25, 0.3) is 0 Å². The van der Waals surface area contributed by atoms with Crippen LogP contribution in [0.25, 0.3) is 0 Å². The van der Waals surface area contributed by atoms with Crippen molar-refractivity contribution in [2.45, 2.75) is 38.8 Å². The Balaban J connectivity index is 2.98. The number of aliphatic carboxylic acids is 1. The lowest BCUT2D eigenvalue weighted by Crippen LogP contribution is -2.46. The number of carboxylic acids is 1. The van der Waals surface area contributed by atoms with Crippen LogP contribution in [0.15, 0.2) is 18.2 Å². The average Bonchev–Trinajstić information content (AvgIpc) is 2.49. The van der Waals surface area contributed by atoms with Gasteiger partial charge in [0.2, 0.25) is 0 Å². The Morgan fingerprint density at radius 3 is 2.21 bits per heavy atom. The molecule has 0 aromatic heterocycles. The molecule has 0 saturated heterocycles. The lowest BCUT2D eigenvalue weighted by atomic mass is 10.0. The number of amides is 1. The van der Waals surface area contributed by atoms with E-state index in [4.69, 9.17) is 14.2 Å². The highest BCUT2D eigenvalue weighted by Gasteiger charge is 2.30. The van der Waals surface area contributed by atoms with Gasteiger partial charge in [0, 0.05) is 13.5 Å². The molecule has 0 saturated carbocycles. The SMILES string of the molecule is COc1ccc(C[C@@H](C(=O)O)N(C)C(=O)OC(C)(C)C)cc1OC. The monoisotopic (exact) mass is 339 g/mol. The van der Waals surface area contributed by atoms with Crippen molar-refractivity contribution >= 4 is 12.1 Å². The Hall–Kier alpha value is -2.44. The number of carbonyl (C=O) groups is 2. The number of rotatable bonds is 6. The van der Waals surface area contributed by atoms with Crippen molar-refractivity contribution in [1.29, 1.82) is 0 Å². The van der Waals surface area contributed by atoms with Crippen molar-refractivity contribution in [2.24, 2.45) is 0 Å². The third-order valence-electron chi connectivity index (χ3n) is 3.31. The maximum atomic E-state index is 12.1. The number of ether oxygens (including phenoxy) is 3. The third kappa shape index (κ3) is 5.33. The number of benzene rings is 1. The molecule has 1 atom stereocenters. The number of hydrogen-bond donors (Lipinski definition) is 1. The molecule has 0 bridgehead atoms. The van der Waals surface area contributed by atoms with Gasteiger partial charge in [-0.1, -0.05) is 6.07 Å². The summed E-state index contributed by atoms with van der Waals surface area (Å²) in [5, 5.41) is 9.47. The van der Waals surface area contributed by atoms with Gasteiger partial charge in [-0.15, -0.1) is 0 Å². The Morgan fingerprint density at radius 2 is 1.75 bits per heavy atom. The van der Waals surface area contributed by atoms with E-state index < -0.39 is 23.7 Å². The van der Waals surface area contributed by atoms with Crippen molar-refractivity contribution in [3.8, 4) is 11.5 Å². The number of carboxylic acid groups (broad SMARTS) is 1. The number of likely N-dealkylation sites (N-methyl/N-ethyl adjacent to an activating group) is 1. The molecule has 1 amide bonds. The van der Waals surface area contributed by atoms with Crippen molar-refractivity contribution in [3.63, 3.8) is 0 Å². The molecule has 0 heterocycles. The quantitative estimate of drug-likeness (QED) is 0.857. The van der Waals surface area contributed by atoms with Crippen LogP contribution in [-0.2, 0) is 16.0 Å². The fraction of sp³-hybridized carbons (Fsp3) is 0.529. The van der Waals surface area contributed by atoms with E-state index in [1.54, 1.807) is 39.0 Å². The van der Waals surface area contributed by atoms with Gasteiger partial charge in [0.15, 0.2) is 11.5 Å². The first-order valence-corrected chi connectivity index (χ1v) is 7.48. The number of carbonyl (C=O) groups excluding carboxylic acids is 1. The normalized spacial score (nSPS) is 12.2. The molecule has 1 N–H and O–H groups in total. The van der Waals surface area contributed by atoms with E-state index in [1.807, 2.05) is 0 Å². The fourth-order valence-electron chi connectivity index (χ4n) is 2.08. The van der Waals surface area contributed by atoms with Crippen LogP contribution < -0.4 is 9.47 Å². The van der Waals surface area contributed by atoms with Crippen molar-refractivity contribution < 1.29 is 28.9 Å². The molecule has 24 heavy (non-hydrogen) atoms. The van der Waals surface area contributed by atoms with Crippen LogP contribution in [0, 0.1) is 0 Å². The Kier molecular flexibility index (Phi) is 6.45. The lowest BCUT2D eigenvalue weighted by molar-refractivity contribution is -0.142. The summed E-state index contributed by atoms with van der Waals surface area (Å²) in [6, 6.07) is 4.07. The minimum atomic E-state index is -1.11. The standard InChI is InChI=1S/C17H25NO6/c1-17(2,3)24-16(21)18(4)12(15(19)20)9-11-7-8-13(22-5)14(10-11)23-6/h7-8,10,12H,9H2,1-6H3,(H,19,20)/t12-/m0/s1. The molecule has 0 unspecified atom stereocenters. The molecule has 0 radical (unpaired) electrons. The van der Waals surface area contributed by atoms with Crippen LogP contribution in [0.3, 0.4) is 0 Å². The largest absolute Gasteiger partial charge is 0.493 e. The Morgan fingerprint density at radius 1 is 1.17 bits per heavy atom. The van der Waals surface area contributed by atoms with Crippen LogP contribution in [-0.4, -0.2) is 55.0 Å². The summed E-state index contributed by atoms with van der Waals surface area (Å²) >= 11 is 0. The molecule has 0 spiro atoms. The summed E-state index contributed by atoms with van der Waals surface area (Å²) in [7, 11) is 4.44.